The van der Waals surface area contributed by atoms with Gasteiger partial charge in [-0.1, -0.05) is 18.2 Å². The van der Waals surface area contributed by atoms with E-state index in [1.54, 1.807) is 0 Å². The molecule has 8 nitrogen and oxygen atoms in total. The normalized spacial score (nSPS) is 15.6. The maximum Gasteiger partial charge on any atom is 0.372 e. The third-order valence-electron chi connectivity index (χ3n) is 5.34. The van der Waals surface area contributed by atoms with Gasteiger partial charge in [0.1, 0.15) is 4.83 Å². The number of carbonyl (C=O) groups is 1. The fourth-order valence-corrected chi connectivity index (χ4v) is 5.16. The number of aromatic amines is 1. The number of H-pyrrole nitrogens is 1. The summed E-state index contributed by atoms with van der Waals surface area (Å²) >= 11 is 1.44. The van der Waals surface area contributed by atoms with E-state index in [0.717, 1.165) is 51.1 Å². The van der Waals surface area contributed by atoms with Crippen molar-refractivity contribution in [1.82, 2.24) is 9.97 Å². The van der Waals surface area contributed by atoms with Gasteiger partial charge >= 0.3 is 5.97 Å². The van der Waals surface area contributed by atoms with Crippen LogP contribution in [0.15, 0.2) is 29.1 Å². The summed E-state index contributed by atoms with van der Waals surface area (Å²) in [6, 6.07) is 8.31. The number of nitrogens with zero attached hydrogens (tertiary/aromatic N) is 2. The van der Waals surface area contributed by atoms with Gasteiger partial charge in [0.25, 0.3) is 5.56 Å². The fraction of sp³-hybridized carbons (Fsp3) is 0.381. The molecule has 1 aromatic carbocycles. The Labute approximate surface area is 177 Å². The van der Waals surface area contributed by atoms with Crippen LogP contribution in [0.1, 0.15) is 33.0 Å². The molecule has 1 aliphatic heterocycles. The minimum absolute atomic E-state index is 0.280. The maximum absolute atomic E-state index is 11.8. The summed E-state index contributed by atoms with van der Waals surface area (Å²) in [6.07, 6.45) is 2.93. The molecule has 1 aliphatic carbocycles. The molecule has 3 heterocycles. The molecule has 1 fully saturated rings. The number of hydrogen-bond acceptors (Lipinski definition) is 7. The molecule has 0 saturated carbocycles. The van der Waals surface area contributed by atoms with Gasteiger partial charge in [0.05, 0.1) is 18.6 Å². The van der Waals surface area contributed by atoms with Gasteiger partial charge in [-0.25, -0.2) is 9.78 Å². The van der Waals surface area contributed by atoms with Crippen LogP contribution < -0.4 is 16.2 Å². The van der Waals surface area contributed by atoms with E-state index in [-0.39, 0.29) is 11.4 Å². The average Bonchev–Trinajstić information content (AvgIpc) is 3.35. The van der Waals surface area contributed by atoms with Gasteiger partial charge in [-0.15, -0.1) is 11.3 Å². The molecule has 3 aromatic rings. The zero-order chi connectivity index (χ0) is 21.1. The minimum Gasteiger partial charge on any atom is -0.475 e. The topological polar surface area (TPSA) is 122 Å². The van der Waals surface area contributed by atoms with Gasteiger partial charge in [-0.3, -0.25) is 4.79 Å². The smallest absolute Gasteiger partial charge is 0.372 e. The monoisotopic (exact) mass is 428 g/mol. The van der Waals surface area contributed by atoms with Crippen molar-refractivity contribution in [3.8, 4) is 0 Å². The van der Waals surface area contributed by atoms with Crippen LogP contribution in [0, 0.1) is 0 Å². The lowest BCUT2D eigenvalue weighted by molar-refractivity contribution is 0.0683. The number of thiophene rings is 1. The van der Waals surface area contributed by atoms with Gasteiger partial charge in [0.15, 0.2) is 0 Å². The summed E-state index contributed by atoms with van der Waals surface area (Å²) in [5.74, 6) is -1.48. The van der Waals surface area contributed by atoms with Crippen molar-refractivity contribution in [2.75, 3.05) is 31.2 Å². The molecule has 5 rings (SSSR count). The third kappa shape index (κ3) is 4.09. The second-order valence-electron chi connectivity index (χ2n) is 7.19. The van der Waals surface area contributed by atoms with E-state index < -0.39 is 5.97 Å². The molecule has 2 aliphatic rings. The first-order valence-electron chi connectivity index (χ1n) is 9.97. The van der Waals surface area contributed by atoms with E-state index in [0.29, 0.717) is 16.8 Å². The minimum atomic E-state index is -1.20. The highest BCUT2D eigenvalue weighted by molar-refractivity contribution is 7.18. The van der Waals surface area contributed by atoms with Crippen molar-refractivity contribution >= 4 is 33.2 Å². The standard InChI is InChI=1S/C11H16N2O.C10H8N2O3S/c12-9-10-3-1-2-4-11(10)13-5-7-14-8-6-13;13-8-6-4-2-1-3-5(4)16-9(6)12-7(11-8)10(14)15/h1-4H,5-9,12H2;1-3H2,(H,14,15)(H,11,12,13). The van der Waals surface area contributed by atoms with E-state index in [4.69, 9.17) is 15.6 Å². The van der Waals surface area contributed by atoms with Gasteiger partial charge in [-0.2, -0.15) is 0 Å². The number of fused-ring (bicyclic) bond motifs is 3. The first-order chi connectivity index (χ1) is 14.6. The number of ether oxygens (including phenoxy) is 1. The highest BCUT2D eigenvalue weighted by atomic mass is 32.1. The fourth-order valence-electron chi connectivity index (χ4n) is 3.90. The quantitative estimate of drug-likeness (QED) is 0.584. The number of nitrogens with two attached hydrogens (primary N) is 1. The van der Waals surface area contributed by atoms with Gasteiger partial charge < -0.3 is 25.5 Å². The number of aromatic nitrogens is 2. The molecule has 0 radical (unpaired) electrons. The van der Waals surface area contributed by atoms with Crippen LogP contribution in [0.4, 0.5) is 5.69 Å². The molecule has 2 aromatic heterocycles. The second kappa shape index (κ2) is 8.95. The number of nitrogens with one attached hydrogen (secondary N) is 1. The van der Waals surface area contributed by atoms with Crippen LogP contribution >= 0.6 is 11.3 Å². The summed E-state index contributed by atoms with van der Waals surface area (Å²) in [6.45, 7) is 4.18. The van der Waals surface area contributed by atoms with E-state index in [1.165, 1.54) is 27.5 Å². The molecule has 30 heavy (non-hydrogen) atoms. The average molecular weight is 429 g/mol. The van der Waals surface area contributed by atoms with E-state index in [2.05, 4.69) is 33.1 Å². The number of rotatable bonds is 3. The van der Waals surface area contributed by atoms with E-state index in [1.807, 2.05) is 6.07 Å². The van der Waals surface area contributed by atoms with Gasteiger partial charge in [-0.05, 0) is 36.5 Å². The van der Waals surface area contributed by atoms with Crippen molar-refractivity contribution in [1.29, 1.82) is 0 Å². The number of benzene rings is 1. The van der Waals surface area contributed by atoms with Crippen molar-refractivity contribution in [2.45, 2.75) is 25.8 Å². The lowest BCUT2D eigenvalue weighted by Crippen LogP contribution is -2.36. The number of aromatic carboxylic acids is 1. The number of para-hydroxylation sites is 1. The number of hydrogen-bond donors (Lipinski definition) is 3. The van der Waals surface area contributed by atoms with Crippen molar-refractivity contribution in [2.24, 2.45) is 5.73 Å². The summed E-state index contributed by atoms with van der Waals surface area (Å²) in [4.78, 5) is 32.8. The number of morpholine rings is 1. The largest absolute Gasteiger partial charge is 0.475 e. The molecule has 0 spiro atoms. The summed E-state index contributed by atoms with van der Waals surface area (Å²) < 4.78 is 5.32. The summed E-state index contributed by atoms with van der Waals surface area (Å²) in [5.41, 5.74) is 8.91. The highest BCUT2D eigenvalue weighted by Gasteiger charge is 2.22. The van der Waals surface area contributed by atoms with Crippen LogP contribution in [-0.2, 0) is 24.1 Å². The second-order valence-corrected chi connectivity index (χ2v) is 8.27. The lowest BCUT2D eigenvalue weighted by atomic mass is 10.1. The predicted molar refractivity (Wildman–Crippen MR) is 117 cm³/mol. The summed E-state index contributed by atoms with van der Waals surface area (Å²) in [7, 11) is 0. The van der Waals surface area contributed by atoms with Crippen LogP contribution in [0.3, 0.4) is 0 Å². The Morgan fingerprint density at radius 2 is 2.03 bits per heavy atom. The SMILES string of the molecule is NCc1ccccc1N1CCOCC1.O=C(O)c1nc2sc3c(c2c(=O)[nH]1)CCC3. The Balaban J connectivity index is 0.000000147. The van der Waals surface area contributed by atoms with Gasteiger partial charge in [0.2, 0.25) is 5.82 Å². The highest BCUT2D eigenvalue weighted by Crippen LogP contribution is 2.34. The zero-order valence-electron chi connectivity index (χ0n) is 16.5. The predicted octanol–water partition coefficient (Wildman–Crippen LogP) is 2.15. The Morgan fingerprint density at radius 3 is 2.77 bits per heavy atom. The number of aryl methyl sites for hydroxylation is 2. The number of anilines is 1. The molecule has 158 valence electrons. The third-order valence-corrected chi connectivity index (χ3v) is 6.53. The summed E-state index contributed by atoms with van der Waals surface area (Å²) in [5, 5.41) is 9.37. The maximum atomic E-state index is 11.8. The number of carboxylic acids is 1. The molecule has 9 heteroatoms. The first-order valence-corrected chi connectivity index (χ1v) is 10.8. The molecule has 0 atom stereocenters. The molecule has 4 N–H and O–H groups in total. The van der Waals surface area contributed by atoms with Crippen LogP contribution in [0.2, 0.25) is 0 Å². The van der Waals surface area contributed by atoms with Crippen molar-refractivity contribution in [3.05, 3.63) is 56.4 Å². The molecule has 0 bridgehead atoms. The van der Waals surface area contributed by atoms with E-state index in [9.17, 15) is 9.59 Å². The number of carboxylic acid groups (broad SMARTS) is 1. The molecular weight excluding hydrogens is 404 g/mol. The van der Waals surface area contributed by atoms with Crippen LogP contribution in [0.5, 0.6) is 0 Å². The Morgan fingerprint density at radius 1 is 1.27 bits per heavy atom. The van der Waals surface area contributed by atoms with Crippen LogP contribution in [0.25, 0.3) is 10.2 Å². The first kappa shape index (κ1) is 20.5. The molecule has 0 unspecified atom stereocenters. The Hall–Kier alpha value is -2.75. The van der Waals surface area contributed by atoms with Crippen molar-refractivity contribution < 1.29 is 14.6 Å². The molecule has 0 amide bonds. The molecule has 1 saturated heterocycles. The molecular formula is C21H24N4O4S. The lowest BCUT2D eigenvalue weighted by Gasteiger charge is -2.30. The van der Waals surface area contributed by atoms with Gasteiger partial charge in [0, 0.05) is 30.2 Å². The van der Waals surface area contributed by atoms with Crippen LogP contribution in [-0.4, -0.2) is 47.3 Å². The van der Waals surface area contributed by atoms with Crippen molar-refractivity contribution in [3.63, 3.8) is 0 Å². The van der Waals surface area contributed by atoms with E-state index >= 15 is 0 Å². The Kier molecular flexibility index (Phi) is 6.12. The Bertz CT molecular complexity index is 1120. The zero-order valence-corrected chi connectivity index (χ0v) is 17.3.